The average molecular weight is 259 g/mol. The summed E-state index contributed by atoms with van der Waals surface area (Å²) in [6.07, 6.45) is 1.61. The van der Waals surface area contributed by atoms with Gasteiger partial charge in [-0.1, -0.05) is 17.7 Å². The van der Waals surface area contributed by atoms with Crippen molar-refractivity contribution >= 4 is 11.7 Å². The van der Waals surface area contributed by atoms with E-state index in [1.165, 1.54) is 5.56 Å². The van der Waals surface area contributed by atoms with E-state index in [1.807, 2.05) is 37.8 Å². The second-order valence-corrected chi connectivity index (χ2v) is 5.43. The highest BCUT2D eigenvalue weighted by Gasteiger charge is 2.23. The normalized spacial score (nSPS) is 13.5. The predicted molar refractivity (Wildman–Crippen MR) is 75.4 cm³/mol. The molecule has 1 fully saturated rings. The molecule has 2 rings (SSSR count). The first-order valence-corrected chi connectivity index (χ1v) is 6.88. The Morgan fingerprint density at radius 1 is 1.05 bits per heavy atom. The van der Waals surface area contributed by atoms with Crippen LogP contribution in [0.3, 0.4) is 0 Å². The molecule has 1 aromatic rings. The van der Waals surface area contributed by atoms with Gasteiger partial charge in [0.05, 0.1) is 0 Å². The van der Waals surface area contributed by atoms with E-state index in [1.54, 1.807) is 0 Å². The van der Waals surface area contributed by atoms with Crippen molar-refractivity contribution in [3.63, 3.8) is 0 Å². The van der Waals surface area contributed by atoms with Gasteiger partial charge in [-0.25, -0.2) is 0 Å². The molecular weight excluding hydrogens is 238 g/mol. The maximum atomic E-state index is 12.2. The van der Waals surface area contributed by atoms with E-state index in [-0.39, 0.29) is 11.7 Å². The van der Waals surface area contributed by atoms with Crippen LogP contribution >= 0.6 is 0 Å². The van der Waals surface area contributed by atoms with E-state index in [0.29, 0.717) is 19.3 Å². The summed E-state index contributed by atoms with van der Waals surface area (Å²) < 4.78 is 0. The summed E-state index contributed by atoms with van der Waals surface area (Å²) in [4.78, 5) is 25.6. The Bertz CT molecular complexity index is 492. The third kappa shape index (κ3) is 3.43. The zero-order valence-corrected chi connectivity index (χ0v) is 12.0. The Morgan fingerprint density at radius 3 is 2.16 bits per heavy atom. The molecule has 1 aliphatic heterocycles. The van der Waals surface area contributed by atoms with Crippen molar-refractivity contribution < 1.29 is 9.59 Å². The minimum absolute atomic E-state index is 0.161. The fraction of sp³-hybridized carbons (Fsp3) is 0.500. The molecule has 0 atom stereocenters. The van der Waals surface area contributed by atoms with Crippen LogP contribution in [-0.2, 0) is 4.79 Å². The highest BCUT2D eigenvalue weighted by molar-refractivity contribution is 5.99. The second kappa shape index (κ2) is 5.55. The van der Waals surface area contributed by atoms with E-state index in [9.17, 15) is 9.59 Å². The molecule has 3 nitrogen and oxygen atoms in total. The first-order valence-electron chi connectivity index (χ1n) is 6.88. The van der Waals surface area contributed by atoms with Crippen LogP contribution in [0.25, 0.3) is 0 Å². The van der Waals surface area contributed by atoms with Crippen LogP contribution in [0.2, 0.25) is 0 Å². The molecule has 0 unspecified atom stereocenters. The molecule has 0 spiro atoms. The zero-order valence-electron chi connectivity index (χ0n) is 12.0. The number of hydrogen-bond acceptors (Lipinski definition) is 2. The molecule has 1 aliphatic rings. The van der Waals surface area contributed by atoms with Gasteiger partial charge in [-0.05, 0) is 38.3 Å². The van der Waals surface area contributed by atoms with Crippen LogP contribution < -0.4 is 0 Å². The first-order chi connectivity index (χ1) is 8.99. The summed E-state index contributed by atoms with van der Waals surface area (Å²) in [5, 5.41) is 0. The van der Waals surface area contributed by atoms with Gasteiger partial charge >= 0.3 is 0 Å². The van der Waals surface area contributed by atoms with E-state index < -0.39 is 0 Å². The Morgan fingerprint density at radius 2 is 1.63 bits per heavy atom. The lowest BCUT2D eigenvalue weighted by Gasteiger charge is -2.10. The number of nitrogens with zero attached hydrogens (tertiary/aromatic N) is 1. The molecule has 0 aromatic heterocycles. The number of carbonyl (C=O) groups excluding carboxylic acids is 2. The fourth-order valence-electron chi connectivity index (χ4n) is 2.60. The molecule has 0 N–H and O–H groups in total. The van der Waals surface area contributed by atoms with Crippen molar-refractivity contribution in [2.45, 2.75) is 40.0 Å². The van der Waals surface area contributed by atoms with Crippen molar-refractivity contribution in [3.8, 4) is 0 Å². The summed E-state index contributed by atoms with van der Waals surface area (Å²) in [5.41, 5.74) is 4.10. The lowest BCUT2D eigenvalue weighted by atomic mass is 9.94. The van der Waals surface area contributed by atoms with Gasteiger partial charge in [-0.15, -0.1) is 0 Å². The van der Waals surface area contributed by atoms with Crippen LogP contribution in [0.5, 0.6) is 0 Å². The Kier molecular flexibility index (Phi) is 4.03. The van der Waals surface area contributed by atoms with E-state index >= 15 is 0 Å². The molecule has 1 amide bonds. The van der Waals surface area contributed by atoms with Crippen molar-refractivity contribution in [1.82, 2.24) is 4.90 Å². The number of aryl methyl sites for hydroxylation is 3. The van der Waals surface area contributed by atoms with Gasteiger partial charge in [-0.3, -0.25) is 9.59 Å². The van der Waals surface area contributed by atoms with Gasteiger partial charge in [0, 0.05) is 31.5 Å². The molecular formula is C16H21NO2. The van der Waals surface area contributed by atoms with E-state index in [2.05, 4.69) is 0 Å². The minimum Gasteiger partial charge on any atom is -0.339 e. The first kappa shape index (κ1) is 13.8. The quantitative estimate of drug-likeness (QED) is 0.602. The number of hydrogen-bond donors (Lipinski definition) is 0. The van der Waals surface area contributed by atoms with Crippen molar-refractivity contribution in [1.29, 1.82) is 0 Å². The molecule has 1 saturated heterocycles. The smallest absolute Gasteiger partial charge is 0.222 e. The van der Waals surface area contributed by atoms with Crippen LogP contribution in [-0.4, -0.2) is 29.7 Å². The topological polar surface area (TPSA) is 37.1 Å². The number of benzene rings is 1. The predicted octanol–water partition coefficient (Wildman–Crippen LogP) is 2.81. The molecule has 0 radical (unpaired) electrons. The third-order valence-corrected chi connectivity index (χ3v) is 3.55. The standard InChI is InChI=1S/C16H21NO2/c1-11-9-12(2)16(13(3)10-11)14(18)5-4-6-15(19)17-7-8-17/h9-10H,4-8H2,1-3H3. The molecule has 102 valence electrons. The highest BCUT2D eigenvalue weighted by atomic mass is 16.2. The van der Waals surface area contributed by atoms with Gasteiger partial charge in [0.1, 0.15) is 0 Å². The Labute approximate surface area is 114 Å². The summed E-state index contributed by atoms with van der Waals surface area (Å²) in [6.45, 7) is 7.78. The van der Waals surface area contributed by atoms with Crippen LogP contribution in [0.15, 0.2) is 12.1 Å². The molecule has 1 aromatic carbocycles. The number of rotatable bonds is 5. The lowest BCUT2D eigenvalue weighted by Crippen LogP contribution is -2.11. The number of ketones is 1. The molecule has 0 saturated carbocycles. The SMILES string of the molecule is Cc1cc(C)c(C(=O)CCCC(=O)N2CC2)c(C)c1. The maximum Gasteiger partial charge on any atom is 0.222 e. The van der Waals surface area contributed by atoms with Crippen LogP contribution in [0.4, 0.5) is 0 Å². The molecule has 1 heterocycles. The summed E-state index contributed by atoms with van der Waals surface area (Å²) >= 11 is 0. The lowest BCUT2D eigenvalue weighted by molar-refractivity contribution is -0.125. The van der Waals surface area contributed by atoms with Crippen molar-refractivity contribution in [2.75, 3.05) is 13.1 Å². The van der Waals surface area contributed by atoms with Gasteiger partial charge in [-0.2, -0.15) is 0 Å². The molecule has 0 bridgehead atoms. The van der Waals surface area contributed by atoms with E-state index in [0.717, 1.165) is 29.8 Å². The monoisotopic (exact) mass is 259 g/mol. The van der Waals surface area contributed by atoms with Crippen LogP contribution in [0, 0.1) is 20.8 Å². The molecule has 0 aliphatic carbocycles. The number of Topliss-reactive ketones (excluding diaryl/α,β-unsaturated/α-hetero) is 1. The van der Waals surface area contributed by atoms with Crippen molar-refractivity contribution in [2.24, 2.45) is 0 Å². The van der Waals surface area contributed by atoms with Gasteiger partial charge in [0.15, 0.2) is 5.78 Å². The Balaban J connectivity index is 1.94. The minimum atomic E-state index is 0.161. The van der Waals surface area contributed by atoms with E-state index in [4.69, 9.17) is 0 Å². The fourth-order valence-corrected chi connectivity index (χ4v) is 2.60. The number of amides is 1. The van der Waals surface area contributed by atoms with Gasteiger partial charge in [0.25, 0.3) is 0 Å². The van der Waals surface area contributed by atoms with Gasteiger partial charge in [0.2, 0.25) is 5.91 Å². The summed E-state index contributed by atoms with van der Waals surface area (Å²) in [7, 11) is 0. The van der Waals surface area contributed by atoms with Crippen LogP contribution in [0.1, 0.15) is 46.3 Å². The largest absolute Gasteiger partial charge is 0.339 e. The molecule has 3 heteroatoms. The zero-order chi connectivity index (χ0) is 14.0. The summed E-state index contributed by atoms with van der Waals surface area (Å²) in [6, 6.07) is 4.09. The number of carbonyl (C=O) groups is 2. The Hall–Kier alpha value is -1.64. The molecule has 19 heavy (non-hydrogen) atoms. The third-order valence-electron chi connectivity index (χ3n) is 3.55. The van der Waals surface area contributed by atoms with Gasteiger partial charge < -0.3 is 4.90 Å². The maximum absolute atomic E-state index is 12.2. The van der Waals surface area contributed by atoms with Crippen molar-refractivity contribution in [3.05, 3.63) is 34.4 Å². The summed E-state index contributed by atoms with van der Waals surface area (Å²) in [5.74, 6) is 0.346. The average Bonchev–Trinajstić information content (AvgIpc) is 3.10. The second-order valence-electron chi connectivity index (χ2n) is 5.43. The highest BCUT2D eigenvalue weighted by Crippen LogP contribution is 2.19.